The Labute approximate surface area is 122 Å². The molecule has 0 saturated carbocycles. The number of benzene rings is 1. The summed E-state index contributed by atoms with van der Waals surface area (Å²) in [6.45, 7) is 1.03. The number of halogens is 3. The molecule has 1 aromatic carbocycles. The fraction of sp³-hybridized carbons (Fsp3) is 0.417. The van der Waals surface area contributed by atoms with Gasteiger partial charge in [-0.05, 0) is 34.5 Å². The Balaban J connectivity index is 2.51. The fourth-order valence-electron chi connectivity index (χ4n) is 1.41. The number of nitrogens with one attached hydrogen (secondary N) is 1. The molecule has 1 amide bonds. The van der Waals surface area contributed by atoms with Gasteiger partial charge in [0.2, 0.25) is 0 Å². The van der Waals surface area contributed by atoms with Crippen molar-refractivity contribution in [3.63, 3.8) is 0 Å². The fourth-order valence-corrected chi connectivity index (χ4v) is 2.42. The van der Waals surface area contributed by atoms with Gasteiger partial charge in [-0.25, -0.2) is 4.39 Å². The summed E-state index contributed by atoms with van der Waals surface area (Å²) in [5, 5.41) is 2.68. The second kappa shape index (κ2) is 7.86. The summed E-state index contributed by atoms with van der Waals surface area (Å²) in [6, 6.07) is 4.44. The summed E-state index contributed by atoms with van der Waals surface area (Å²) in [5.74, 6) is -0.953. The largest absolute Gasteiger partial charge is 0.384 e. The highest BCUT2D eigenvalue weighted by molar-refractivity contribution is 9.10. The van der Waals surface area contributed by atoms with E-state index in [0.717, 1.165) is 0 Å². The van der Waals surface area contributed by atoms with Gasteiger partial charge < -0.3 is 10.1 Å². The zero-order chi connectivity index (χ0) is 13.5. The van der Waals surface area contributed by atoms with Crippen molar-refractivity contribution in [1.29, 1.82) is 0 Å². The zero-order valence-electron chi connectivity index (χ0n) is 9.88. The third-order valence-corrected chi connectivity index (χ3v) is 3.66. The van der Waals surface area contributed by atoms with Gasteiger partial charge in [0, 0.05) is 23.0 Å². The lowest BCUT2D eigenvalue weighted by Crippen LogP contribution is -2.28. The SMILES string of the molecule is COCC(Br)CCNC(=O)c1c(F)cccc1Br. The Morgan fingerprint density at radius 2 is 2.28 bits per heavy atom. The lowest BCUT2D eigenvalue weighted by molar-refractivity contribution is 0.0947. The predicted molar refractivity (Wildman–Crippen MR) is 75.6 cm³/mol. The zero-order valence-corrected chi connectivity index (χ0v) is 13.1. The first-order valence-electron chi connectivity index (χ1n) is 5.41. The van der Waals surface area contributed by atoms with E-state index < -0.39 is 11.7 Å². The topological polar surface area (TPSA) is 38.3 Å². The molecular formula is C12H14Br2FNO2. The van der Waals surface area contributed by atoms with E-state index in [1.54, 1.807) is 19.2 Å². The maximum absolute atomic E-state index is 13.5. The molecule has 18 heavy (non-hydrogen) atoms. The second-order valence-electron chi connectivity index (χ2n) is 3.69. The molecule has 100 valence electrons. The third-order valence-electron chi connectivity index (χ3n) is 2.28. The highest BCUT2D eigenvalue weighted by Crippen LogP contribution is 2.19. The molecule has 0 aromatic heterocycles. The summed E-state index contributed by atoms with van der Waals surface area (Å²) in [7, 11) is 1.61. The highest BCUT2D eigenvalue weighted by Gasteiger charge is 2.15. The number of alkyl halides is 1. The molecule has 1 rings (SSSR count). The van der Waals surface area contributed by atoms with Crippen LogP contribution in [-0.4, -0.2) is 31.0 Å². The van der Waals surface area contributed by atoms with E-state index in [-0.39, 0.29) is 10.4 Å². The van der Waals surface area contributed by atoms with Gasteiger partial charge in [-0.3, -0.25) is 4.79 Å². The second-order valence-corrected chi connectivity index (χ2v) is 5.84. The number of ether oxygens (including phenoxy) is 1. The molecule has 1 atom stereocenters. The predicted octanol–water partition coefficient (Wildman–Crippen LogP) is 3.12. The monoisotopic (exact) mass is 381 g/mol. The van der Waals surface area contributed by atoms with Gasteiger partial charge in [0.25, 0.3) is 5.91 Å². The molecule has 0 bridgehead atoms. The van der Waals surface area contributed by atoms with Crippen molar-refractivity contribution in [1.82, 2.24) is 5.32 Å². The van der Waals surface area contributed by atoms with Crippen molar-refractivity contribution < 1.29 is 13.9 Å². The van der Waals surface area contributed by atoms with Crippen molar-refractivity contribution in [2.75, 3.05) is 20.3 Å². The Hall–Kier alpha value is -0.460. The lowest BCUT2D eigenvalue weighted by atomic mass is 10.2. The number of hydrogen-bond donors (Lipinski definition) is 1. The maximum Gasteiger partial charge on any atom is 0.255 e. The van der Waals surface area contributed by atoms with Gasteiger partial charge in [0.1, 0.15) is 5.82 Å². The van der Waals surface area contributed by atoms with Crippen LogP contribution in [0.4, 0.5) is 4.39 Å². The average molecular weight is 383 g/mol. The molecule has 0 radical (unpaired) electrons. The van der Waals surface area contributed by atoms with Crippen LogP contribution in [-0.2, 0) is 4.74 Å². The minimum Gasteiger partial charge on any atom is -0.384 e. The van der Waals surface area contributed by atoms with Crippen LogP contribution in [0.2, 0.25) is 0 Å². The quantitative estimate of drug-likeness (QED) is 0.767. The standard InChI is InChI=1S/C12H14Br2FNO2/c1-18-7-8(13)5-6-16-12(17)11-9(14)3-2-4-10(11)15/h2-4,8H,5-7H2,1H3,(H,16,17). The molecular weight excluding hydrogens is 369 g/mol. The first-order chi connectivity index (χ1) is 8.56. The summed E-state index contributed by atoms with van der Waals surface area (Å²) >= 11 is 6.58. The van der Waals surface area contributed by atoms with Crippen LogP contribution in [0.5, 0.6) is 0 Å². The summed E-state index contributed by atoms with van der Waals surface area (Å²) in [4.78, 5) is 12.0. The van der Waals surface area contributed by atoms with E-state index in [4.69, 9.17) is 4.74 Å². The van der Waals surface area contributed by atoms with E-state index >= 15 is 0 Å². The molecule has 0 saturated heterocycles. The molecule has 6 heteroatoms. The van der Waals surface area contributed by atoms with Crippen molar-refractivity contribution >= 4 is 37.8 Å². The van der Waals surface area contributed by atoms with Crippen molar-refractivity contribution in [2.24, 2.45) is 0 Å². The van der Waals surface area contributed by atoms with E-state index in [1.165, 1.54) is 6.07 Å². The van der Waals surface area contributed by atoms with Crippen LogP contribution < -0.4 is 5.32 Å². The van der Waals surface area contributed by atoms with Gasteiger partial charge in [0.05, 0.1) is 12.2 Å². The minimum atomic E-state index is -0.533. The molecule has 0 aliphatic carbocycles. The minimum absolute atomic E-state index is 0.0374. The molecule has 1 unspecified atom stereocenters. The van der Waals surface area contributed by atoms with Crippen LogP contribution in [0.15, 0.2) is 22.7 Å². The molecule has 1 aromatic rings. The van der Waals surface area contributed by atoms with Crippen LogP contribution in [0.25, 0.3) is 0 Å². The molecule has 0 aliphatic heterocycles. The summed E-state index contributed by atoms with van der Waals surface area (Å²) in [5.41, 5.74) is 0.0374. The van der Waals surface area contributed by atoms with Crippen molar-refractivity contribution in [2.45, 2.75) is 11.2 Å². The molecule has 0 heterocycles. The van der Waals surface area contributed by atoms with Crippen molar-refractivity contribution in [3.8, 4) is 0 Å². The Kier molecular flexibility index (Phi) is 6.81. The number of carbonyl (C=O) groups is 1. The number of rotatable bonds is 6. The Bertz CT molecular complexity index is 395. The van der Waals surface area contributed by atoms with E-state index in [0.29, 0.717) is 24.0 Å². The molecule has 3 nitrogen and oxygen atoms in total. The lowest BCUT2D eigenvalue weighted by Gasteiger charge is -2.10. The Morgan fingerprint density at radius 1 is 1.56 bits per heavy atom. The molecule has 0 fully saturated rings. The van der Waals surface area contributed by atoms with Gasteiger partial charge in [0.15, 0.2) is 0 Å². The number of carbonyl (C=O) groups excluding carboxylic acids is 1. The van der Waals surface area contributed by atoms with E-state index in [9.17, 15) is 9.18 Å². The van der Waals surface area contributed by atoms with Crippen molar-refractivity contribution in [3.05, 3.63) is 34.1 Å². The number of methoxy groups -OCH3 is 1. The van der Waals surface area contributed by atoms with Crippen LogP contribution in [0, 0.1) is 5.82 Å². The summed E-state index contributed by atoms with van der Waals surface area (Å²) < 4.78 is 18.9. The Morgan fingerprint density at radius 3 is 2.89 bits per heavy atom. The van der Waals surface area contributed by atoms with E-state index in [2.05, 4.69) is 37.2 Å². The first-order valence-corrected chi connectivity index (χ1v) is 7.12. The van der Waals surface area contributed by atoms with Gasteiger partial charge in [-0.1, -0.05) is 22.0 Å². The number of hydrogen-bond acceptors (Lipinski definition) is 2. The van der Waals surface area contributed by atoms with Gasteiger partial charge in [-0.2, -0.15) is 0 Å². The first kappa shape index (κ1) is 15.6. The van der Waals surface area contributed by atoms with Crippen LogP contribution >= 0.6 is 31.9 Å². The third kappa shape index (κ3) is 4.66. The van der Waals surface area contributed by atoms with E-state index in [1.807, 2.05) is 0 Å². The molecule has 1 N–H and O–H groups in total. The van der Waals surface area contributed by atoms with Crippen LogP contribution in [0.3, 0.4) is 0 Å². The molecule has 0 aliphatic rings. The highest BCUT2D eigenvalue weighted by atomic mass is 79.9. The number of amides is 1. The van der Waals surface area contributed by atoms with Gasteiger partial charge in [-0.15, -0.1) is 0 Å². The maximum atomic E-state index is 13.5. The normalized spacial score (nSPS) is 12.2. The van der Waals surface area contributed by atoms with Gasteiger partial charge >= 0.3 is 0 Å². The average Bonchev–Trinajstić information content (AvgIpc) is 2.29. The smallest absolute Gasteiger partial charge is 0.255 e. The summed E-state index contributed by atoms with van der Waals surface area (Å²) in [6.07, 6.45) is 0.714. The van der Waals surface area contributed by atoms with Crippen LogP contribution in [0.1, 0.15) is 16.8 Å². The molecule has 0 spiro atoms.